The minimum atomic E-state index is -0.598. The van der Waals surface area contributed by atoms with Crippen LogP contribution in [0.25, 0.3) is 11.6 Å². The van der Waals surface area contributed by atoms with E-state index in [1.807, 2.05) is 6.26 Å². The lowest BCUT2D eigenvalue weighted by Gasteiger charge is -2.29. The Morgan fingerprint density at radius 2 is 2.11 bits per heavy atom. The fourth-order valence-corrected chi connectivity index (χ4v) is 4.04. The second kappa shape index (κ2) is 9.23. The lowest BCUT2D eigenvalue weighted by molar-refractivity contribution is -0.125. The number of esters is 1. The maximum atomic E-state index is 12.6. The van der Waals surface area contributed by atoms with Gasteiger partial charge in [-0.25, -0.2) is 14.8 Å². The molecule has 1 N–H and O–H groups in total. The van der Waals surface area contributed by atoms with E-state index in [2.05, 4.69) is 22.2 Å². The first-order chi connectivity index (χ1) is 13.5. The number of hydrogen-bond donors (Lipinski definition) is 1. The highest BCUT2D eigenvalue weighted by atomic mass is 32.2. The molecule has 0 aromatic carbocycles. The Morgan fingerprint density at radius 1 is 1.32 bits per heavy atom. The number of nitrogens with zero attached hydrogens (tertiary/aromatic N) is 2. The Bertz CT molecular complexity index is 838. The number of hydrogen-bond acceptors (Lipinski definition) is 7. The van der Waals surface area contributed by atoms with Crippen LogP contribution in [-0.4, -0.2) is 40.7 Å². The summed E-state index contributed by atoms with van der Waals surface area (Å²) in [7, 11) is 0. The summed E-state index contributed by atoms with van der Waals surface area (Å²) in [5, 5.41) is 3.47. The number of thioether (sulfide) groups is 1. The number of furan rings is 1. The highest BCUT2D eigenvalue weighted by Crippen LogP contribution is 2.26. The van der Waals surface area contributed by atoms with E-state index < -0.39 is 5.97 Å². The van der Waals surface area contributed by atoms with Gasteiger partial charge in [0, 0.05) is 6.04 Å². The van der Waals surface area contributed by atoms with Crippen molar-refractivity contribution in [3.8, 4) is 11.6 Å². The van der Waals surface area contributed by atoms with Gasteiger partial charge in [-0.1, -0.05) is 19.8 Å². The fourth-order valence-electron chi connectivity index (χ4n) is 3.43. The molecule has 8 heteroatoms. The van der Waals surface area contributed by atoms with Crippen LogP contribution in [0.15, 0.2) is 27.8 Å². The second-order valence-corrected chi connectivity index (χ2v) is 7.80. The van der Waals surface area contributed by atoms with Gasteiger partial charge in [0.2, 0.25) is 0 Å². The SMILES string of the molecule is CSc1nc(-c2ccco2)nc(C)c1C(=O)OCC(=O)NC1CCCCC1C. The maximum Gasteiger partial charge on any atom is 0.343 e. The van der Waals surface area contributed by atoms with Crippen molar-refractivity contribution >= 4 is 23.6 Å². The second-order valence-electron chi connectivity index (χ2n) is 7.01. The monoisotopic (exact) mass is 403 g/mol. The van der Waals surface area contributed by atoms with Crippen molar-refractivity contribution < 1.29 is 18.7 Å². The van der Waals surface area contributed by atoms with Crippen molar-refractivity contribution in [2.45, 2.75) is 50.6 Å². The minimum absolute atomic E-state index is 0.152. The third-order valence-corrected chi connectivity index (χ3v) is 5.67. The number of aromatic nitrogens is 2. The standard InChI is InChI=1S/C20H25N3O4S/c1-12-7-4-5-8-14(12)22-16(24)11-27-20(25)17-13(2)21-18(23-19(17)28-3)15-9-6-10-26-15/h6,9-10,12,14H,4-5,7-8,11H2,1-3H3,(H,22,24). The molecule has 0 saturated heterocycles. The van der Waals surface area contributed by atoms with E-state index in [0.29, 0.717) is 28.2 Å². The lowest BCUT2D eigenvalue weighted by atomic mass is 9.86. The van der Waals surface area contributed by atoms with E-state index in [1.54, 1.807) is 25.3 Å². The summed E-state index contributed by atoms with van der Waals surface area (Å²) in [6, 6.07) is 3.66. The van der Waals surface area contributed by atoms with E-state index >= 15 is 0 Å². The van der Waals surface area contributed by atoms with E-state index in [0.717, 1.165) is 19.3 Å². The molecule has 0 spiro atoms. The predicted octanol–water partition coefficient (Wildman–Crippen LogP) is 3.62. The molecule has 2 unspecified atom stereocenters. The number of nitrogens with one attached hydrogen (secondary N) is 1. The Labute approximate surface area is 168 Å². The van der Waals surface area contributed by atoms with Crippen LogP contribution in [-0.2, 0) is 9.53 Å². The average molecular weight is 404 g/mol. The molecule has 1 aliphatic rings. The number of carbonyl (C=O) groups excluding carboxylic acids is 2. The van der Waals surface area contributed by atoms with Gasteiger partial charge >= 0.3 is 5.97 Å². The molecule has 0 radical (unpaired) electrons. The molecule has 1 amide bonds. The van der Waals surface area contributed by atoms with Crippen LogP contribution in [0.1, 0.15) is 48.7 Å². The van der Waals surface area contributed by atoms with Crippen LogP contribution in [0.3, 0.4) is 0 Å². The van der Waals surface area contributed by atoms with Crippen molar-refractivity contribution in [1.29, 1.82) is 0 Å². The molecule has 1 saturated carbocycles. The van der Waals surface area contributed by atoms with E-state index in [9.17, 15) is 9.59 Å². The number of rotatable bonds is 6. The van der Waals surface area contributed by atoms with Gasteiger partial charge in [0.15, 0.2) is 18.2 Å². The van der Waals surface area contributed by atoms with Crippen molar-refractivity contribution in [2.24, 2.45) is 5.92 Å². The largest absolute Gasteiger partial charge is 0.461 e. The molecule has 2 aromatic rings. The summed E-state index contributed by atoms with van der Waals surface area (Å²) in [5.41, 5.74) is 0.763. The molecule has 150 valence electrons. The zero-order valence-corrected chi connectivity index (χ0v) is 17.2. The van der Waals surface area contributed by atoms with Crippen LogP contribution in [0.2, 0.25) is 0 Å². The van der Waals surface area contributed by atoms with Crippen LogP contribution in [0, 0.1) is 12.8 Å². The number of carbonyl (C=O) groups is 2. The zero-order chi connectivity index (χ0) is 20.1. The quantitative estimate of drug-likeness (QED) is 0.447. The van der Waals surface area contributed by atoms with E-state index in [-0.39, 0.29) is 24.1 Å². The normalized spacial score (nSPS) is 19.2. The predicted molar refractivity (Wildman–Crippen MR) is 106 cm³/mol. The molecule has 28 heavy (non-hydrogen) atoms. The van der Waals surface area contributed by atoms with Crippen LogP contribution in [0.5, 0.6) is 0 Å². The Balaban J connectivity index is 1.66. The zero-order valence-electron chi connectivity index (χ0n) is 16.4. The fraction of sp³-hybridized carbons (Fsp3) is 0.500. The molecule has 2 aromatic heterocycles. The first-order valence-electron chi connectivity index (χ1n) is 9.42. The summed E-state index contributed by atoms with van der Waals surface area (Å²) in [4.78, 5) is 33.5. The highest BCUT2D eigenvalue weighted by molar-refractivity contribution is 7.98. The molecule has 2 atom stereocenters. The Hall–Kier alpha value is -2.35. The molecule has 1 fully saturated rings. The molecule has 2 heterocycles. The minimum Gasteiger partial charge on any atom is -0.461 e. The lowest BCUT2D eigenvalue weighted by Crippen LogP contribution is -2.42. The first kappa shape index (κ1) is 20.4. The molecule has 7 nitrogen and oxygen atoms in total. The number of amides is 1. The van der Waals surface area contributed by atoms with E-state index in [4.69, 9.17) is 9.15 Å². The van der Waals surface area contributed by atoms with Gasteiger partial charge in [-0.2, -0.15) is 0 Å². The van der Waals surface area contributed by atoms with Gasteiger partial charge in [-0.15, -0.1) is 11.8 Å². The van der Waals surface area contributed by atoms with Crippen molar-refractivity contribution in [3.63, 3.8) is 0 Å². The van der Waals surface area contributed by atoms with Gasteiger partial charge in [0.1, 0.15) is 10.6 Å². The third kappa shape index (κ3) is 4.73. The molecular weight excluding hydrogens is 378 g/mol. The van der Waals surface area contributed by atoms with Crippen molar-refractivity contribution in [3.05, 3.63) is 29.7 Å². The maximum absolute atomic E-state index is 12.6. The average Bonchev–Trinajstić information content (AvgIpc) is 3.22. The van der Waals surface area contributed by atoms with Crippen LogP contribution in [0.4, 0.5) is 0 Å². The molecular formula is C20H25N3O4S. The molecule has 0 aliphatic heterocycles. The Kier molecular flexibility index (Phi) is 6.72. The third-order valence-electron chi connectivity index (χ3n) is 4.99. The van der Waals surface area contributed by atoms with E-state index in [1.165, 1.54) is 18.2 Å². The van der Waals surface area contributed by atoms with Crippen molar-refractivity contribution in [2.75, 3.05) is 12.9 Å². The molecule has 0 bridgehead atoms. The smallest absolute Gasteiger partial charge is 0.343 e. The summed E-state index contributed by atoms with van der Waals surface area (Å²) in [6.07, 6.45) is 7.76. The first-order valence-corrected chi connectivity index (χ1v) is 10.6. The topological polar surface area (TPSA) is 94.3 Å². The van der Waals surface area contributed by atoms with Crippen LogP contribution < -0.4 is 5.32 Å². The molecule has 1 aliphatic carbocycles. The summed E-state index contributed by atoms with van der Waals surface area (Å²) >= 11 is 1.32. The van der Waals surface area contributed by atoms with Gasteiger partial charge in [-0.05, 0) is 44.1 Å². The van der Waals surface area contributed by atoms with Crippen LogP contribution >= 0.6 is 11.8 Å². The van der Waals surface area contributed by atoms with Gasteiger partial charge in [-0.3, -0.25) is 4.79 Å². The summed E-state index contributed by atoms with van der Waals surface area (Å²) in [6.45, 7) is 3.55. The number of ether oxygens (including phenoxy) is 1. The Morgan fingerprint density at radius 3 is 2.79 bits per heavy atom. The van der Waals surface area contributed by atoms with Crippen molar-refractivity contribution in [1.82, 2.24) is 15.3 Å². The summed E-state index contributed by atoms with van der Waals surface area (Å²) < 4.78 is 10.6. The number of aryl methyl sites for hydroxylation is 1. The highest BCUT2D eigenvalue weighted by Gasteiger charge is 2.25. The summed E-state index contributed by atoms with van der Waals surface area (Å²) in [5.74, 6) is 0.510. The van der Waals surface area contributed by atoms with Gasteiger partial charge < -0.3 is 14.5 Å². The van der Waals surface area contributed by atoms with Gasteiger partial charge in [0.25, 0.3) is 5.91 Å². The van der Waals surface area contributed by atoms with Gasteiger partial charge in [0.05, 0.1) is 12.0 Å². The molecule has 3 rings (SSSR count).